The maximum atomic E-state index is 12.9. The molecule has 0 spiro atoms. The molecule has 1 aliphatic rings. The number of benzene rings is 1. The SMILES string of the molecule is COC(=O)C1=C(C(=O)OC)N(c2c(OC(F)(F)F)cccc2C(=O)O)C=CC=C1. The van der Waals surface area contributed by atoms with Crippen molar-refractivity contribution in [2.45, 2.75) is 6.36 Å². The molecule has 0 amide bonds. The molecule has 11 heteroatoms. The number of hydrogen-bond donors (Lipinski definition) is 1. The smallest absolute Gasteiger partial charge is 0.478 e. The molecule has 0 atom stereocenters. The Balaban J connectivity index is 2.86. The van der Waals surface area contributed by atoms with E-state index in [9.17, 15) is 32.7 Å². The molecule has 1 N–H and O–H groups in total. The summed E-state index contributed by atoms with van der Waals surface area (Å²) >= 11 is 0. The highest BCUT2D eigenvalue weighted by molar-refractivity contribution is 6.07. The van der Waals surface area contributed by atoms with E-state index in [1.807, 2.05) is 0 Å². The number of nitrogens with zero attached hydrogens (tertiary/aromatic N) is 1. The van der Waals surface area contributed by atoms with E-state index in [4.69, 9.17) is 0 Å². The first-order valence-corrected chi connectivity index (χ1v) is 7.77. The molecule has 1 aromatic carbocycles. The number of alkyl halides is 3. The number of allylic oxidation sites excluding steroid dienone is 2. The molecule has 0 bridgehead atoms. The van der Waals surface area contributed by atoms with Gasteiger partial charge in [0.15, 0.2) is 5.75 Å². The van der Waals surface area contributed by atoms with Crippen LogP contribution in [0.5, 0.6) is 5.75 Å². The molecule has 0 unspecified atom stereocenters. The van der Waals surface area contributed by atoms with Gasteiger partial charge in [-0.15, -0.1) is 13.2 Å². The summed E-state index contributed by atoms with van der Waals surface area (Å²) in [4.78, 5) is 37.0. The Morgan fingerprint density at radius 1 is 1.03 bits per heavy atom. The Hall–Kier alpha value is -3.76. The van der Waals surface area contributed by atoms with E-state index >= 15 is 0 Å². The fourth-order valence-corrected chi connectivity index (χ4v) is 2.49. The van der Waals surface area contributed by atoms with Crippen molar-refractivity contribution in [3.8, 4) is 5.75 Å². The highest BCUT2D eigenvalue weighted by Crippen LogP contribution is 2.39. The maximum absolute atomic E-state index is 12.9. The minimum atomic E-state index is -5.15. The highest BCUT2D eigenvalue weighted by atomic mass is 19.4. The van der Waals surface area contributed by atoms with Crippen molar-refractivity contribution in [1.29, 1.82) is 0 Å². The predicted octanol–water partition coefficient (Wildman–Crippen LogP) is 2.77. The van der Waals surface area contributed by atoms with Crippen LogP contribution in [-0.4, -0.2) is 43.6 Å². The van der Waals surface area contributed by atoms with Gasteiger partial charge in [0.05, 0.1) is 25.4 Å². The number of carboxylic acids is 1. The lowest BCUT2D eigenvalue weighted by Crippen LogP contribution is -2.29. The number of hydrogen-bond acceptors (Lipinski definition) is 7. The molecular formula is C18H14F3NO7. The Morgan fingerprint density at radius 3 is 2.24 bits per heavy atom. The minimum absolute atomic E-state index is 0.373. The van der Waals surface area contributed by atoms with Gasteiger partial charge in [-0.25, -0.2) is 14.4 Å². The average molecular weight is 413 g/mol. The number of methoxy groups -OCH3 is 2. The van der Waals surface area contributed by atoms with Gasteiger partial charge in [0.2, 0.25) is 0 Å². The lowest BCUT2D eigenvalue weighted by molar-refractivity contribution is -0.274. The van der Waals surface area contributed by atoms with Crippen LogP contribution in [0.25, 0.3) is 0 Å². The van der Waals surface area contributed by atoms with E-state index in [-0.39, 0.29) is 5.57 Å². The van der Waals surface area contributed by atoms with Gasteiger partial charge in [-0.05, 0) is 24.3 Å². The monoisotopic (exact) mass is 413 g/mol. The molecule has 0 aliphatic carbocycles. The molecule has 1 aliphatic heterocycles. The number of anilines is 1. The van der Waals surface area contributed by atoms with Crippen molar-refractivity contribution in [2.24, 2.45) is 0 Å². The van der Waals surface area contributed by atoms with E-state index in [0.29, 0.717) is 0 Å². The summed E-state index contributed by atoms with van der Waals surface area (Å²) in [6, 6.07) is 2.92. The minimum Gasteiger partial charge on any atom is -0.478 e. The number of ether oxygens (including phenoxy) is 3. The lowest BCUT2D eigenvalue weighted by atomic mass is 10.1. The van der Waals surface area contributed by atoms with Crippen LogP contribution >= 0.6 is 0 Å². The van der Waals surface area contributed by atoms with Gasteiger partial charge in [-0.1, -0.05) is 12.1 Å². The van der Waals surface area contributed by atoms with Crippen molar-refractivity contribution in [3.63, 3.8) is 0 Å². The van der Waals surface area contributed by atoms with Crippen LogP contribution in [0.1, 0.15) is 10.4 Å². The van der Waals surface area contributed by atoms with E-state index in [1.54, 1.807) is 0 Å². The number of aromatic carboxylic acids is 1. The fourth-order valence-electron chi connectivity index (χ4n) is 2.49. The third-order valence-electron chi connectivity index (χ3n) is 3.59. The summed E-state index contributed by atoms with van der Waals surface area (Å²) in [7, 11) is 2.01. The van der Waals surface area contributed by atoms with Crippen LogP contribution < -0.4 is 9.64 Å². The average Bonchev–Trinajstić information content (AvgIpc) is 2.88. The van der Waals surface area contributed by atoms with Gasteiger partial charge in [0.1, 0.15) is 11.4 Å². The Bertz CT molecular complexity index is 932. The summed E-state index contributed by atoms with van der Waals surface area (Å²) in [5.41, 5.74) is -2.20. The second kappa shape index (κ2) is 8.50. The lowest BCUT2D eigenvalue weighted by Gasteiger charge is -2.26. The number of rotatable bonds is 5. The van der Waals surface area contributed by atoms with Gasteiger partial charge < -0.3 is 24.2 Å². The quantitative estimate of drug-likeness (QED) is 0.736. The number of para-hydroxylation sites is 1. The van der Waals surface area contributed by atoms with Gasteiger partial charge >= 0.3 is 24.3 Å². The first-order chi connectivity index (χ1) is 13.6. The predicted molar refractivity (Wildman–Crippen MR) is 91.9 cm³/mol. The number of carboxylic acid groups (broad SMARTS) is 1. The Kier molecular flexibility index (Phi) is 6.32. The largest absolute Gasteiger partial charge is 0.573 e. The summed E-state index contributed by atoms with van der Waals surface area (Å²) in [5, 5.41) is 9.47. The van der Waals surface area contributed by atoms with Crippen molar-refractivity contribution < 1.29 is 46.9 Å². The van der Waals surface area contributed by atoms with E-state index < -0.39 is 47.0 Å². The zero-order chi connectivity index (χ0) is 21.8. The zero-order valence-electron chi connectivity index (χ0n) is 15.0. The first kappa shape index (κ1) is 21.5. The molecule has 1 heterocycles. The number of halogens is 3. The highest BCUT2D eigenvalue weighted by Gasteiger charge is 2.36. The van der Waals surface area contributed by atoms with Crippen LogP contribution in [0.4, 0.5) is 18.9 Å². The van der Waals surface area contributed by atoms with E-state index in [1.165, 1.54) is 18.2 Å². The summed E-state index contributed by atoms with van der Waals surface area (Å²) in [6.07, 6.45) is -0.316. The van der Waals surface area contributed by atoms with Crippen LogP contribution in [0, 0.1) is 0 Å². The summed E-state index contributed by atoms with van der Waals surface area (Å²) < 4.78 is 51.9. The van der Waals surface area contributed by atoms with Gasteiger partial charge in [0, 0.05) is 6.20 Å². The van der Waals surface area contributed by atoms with Crippen molar-refractivity contribution >= 4 is 23.6 Å². The molecule has 0 aromatic heterocycles. The third kappa shape index (κ3) is 4.75. The molecule has 0 fully saturated rings. The number of carbonyl (C=O) groups is 3. The Morgan fingerprint density at radius 2 is 1.69 bits per heavy atom. The number of esters is 2. The standard InChI is InChI=1S/C18H14F3NO7/c1-27-16(25)11-6-3-4-9-22(14(11)17(26)28-2)13-10(15(23)24)7-5-8-12(13)29-18(19,20)21/h3-9H,1-2H3,(H,23,24). The van der Waals surface area contributed by atoms with Crippen molar-refractivity contribution in [1.82, 2.24) is 0 Å². The van der Waals surface area contributed by atoms with Crippen LogP contribution in [0.2, 0.25) is 0 Å². The molecule has 1 aromatic rings. The summed E-state index contributed by atoms with van der Waals surface area (Å²) in [6.45, 7) is 0. The van der Waals surface area contributed by atoms with E-state index in [2.05, 4.69) is 14.2 Å². The van der Waals surface area contributed by atoms with E-state index in [0.717, 1.165) is 43.5 Å². The zero-order valence-corrected chi connectivity index (χ0v) is 15.0. The summed E-state index contributed by atoms with van der Waals surface area (Å²) in [5.74, 6) is -4.63. The fraction of sp³-hybridized carbons (Fsp3) is 0.167. The molecule has 2 rings (SSSR count). The van der Waals surface area contributed by atoms with Crippen LogP contribution in [0.15, 0.2) is 53.9 Å². The second-order valence-corrected chi connectivity index (χ2v) is 5.32. The first-order valence-electron chi connectivity index (χ1n) is 7.77. The molecule has 29 heavy (non-hydrogen) atoms. The van der Waals surface area contributed by atoms with Gasteiger partial charge in [-0.2, -0.15) is 0 Å². The Labute approximate surface area is 162 Å². The molecule has 8 nitrogen and oxygen atoms in total. The molecule has 154 valence electrons. The maximum Gasteiger partial charge on any atom is 0.573 e. The van der Waals surface area contributed by atoms with Crippen LogP contribution in [-0.2, 0) is 19.1 Å². The second-order valence-electron chi connectivity index (χ2n) is 5.32. The molecule has 0 radical (unpaired) electrons. The topological polar surface area (TPSA) is 102 Å². The van der Waals surface area contributed by atoms with Crippen molar-refractivity contribution in [3.05, 3.63) is 59.5 Å². The molecule has 0 saturated carbocycles. The molecular weight excluding hydrogens is 399 g/mol. The van der Waals surface area contributed by atoms with Crippen molar-refractivity contribution in [2.75, 3.05) is 19.1 Å². The number of carbonyl (C=O) groups excluding carboxylic acids is 2. The van der Waals surface area contributed by atoms with Gasteiger partial charge in [-0.3, -0.25) is 0 Å². The molecule has 0 saturated heterocycles. The third-order valence-corrected chi connectivity index (χ3v) is 3.59. The normalized spacial score (nSPS) is 13.8. The van der Waals surface area contributed by atoms with Crippen LogP contribution in [0.3, 0.4) is 0 Å². The van der Waals surface area contributed by atoms with Gasteiger partial charge in [0.25, 0.3) is 0 Å².